The average Bonchev–Trinajstić information content (AvgIpc) is 2.13. The molecule has 0 aromatic carbocycles. The van der Waals surface area contributed by atoms with Crippen LogP contribution in [0.15, 0.2) is 11.6 Å². The first-order chi connectivity index (χ1) is 6.11. The van der Waals surface area contributed by atoms with Crippen molar-refractivity contribution in [3.8, 4) is 0 Å². The molecule has 13 heavy (non-hydrogen) atoms. The lowest BCUT2D eigenvalue weighted by Gasteiger charge is -2.01. The predicted molar refractivity (Wildman–Crippen MR) is 47.3 cm³/mol. The number of hydrazine groups is 1. The van der Waals surface area contributed by atoms with Crippen molar-refractivity contribution in [1.82, 2.24) is 5.43 Å². The van der Waals surface area contributed by atoms with Crippen LogP contribution in [0.2, 0.25) is 0 Å². The van der Waals surface area contributed by atoms with Crippen molar-refractivity contribution in [2.24, 2.45) is 5.84 Å². The monoisotopic (exact) mass is 186 g/mol. The summed E-state index contributed by atoms with van der Waals surface area (Å²) in [4.78, 5) is 21.7. The van der Waals surface area contributed by atoms with Gasteiger partial charge in [0.1, 0.15) is 0 Å². The van der Waals surface area contributed by atoms with E-state index in [-0.39, 0.29) is 5.57 Å². The molecule has 0 unspecified atom stereocenters. The van der Waals surface area contributed by atoms with E-state index in [0.29, 0.717) is 6.61 Å². The highest BCUT2D eigenvalue weighted by Gasteiger charge is 2.06. The molecule has 74 valence electrons. The molecule has 3 N–H and O–H groups in total. The maximum atomic E-state index is 11.0. The summed E-state index contributed by atoms with van der Waals surface area (Å²) in [5, 5.41) is 0. The largest absolute Gasteiger partial charge is 0.462 e. The number of carbonyl (C=O) groups is 2. The van der Waals surface area contributed by atoms with E-state index in [9.17, 15) is 9.59 Å². The minimum Gasteiger partial charge on any atom is -0.462 e. The SMILES string of the molecule is CCCOC(=O)/C(C)=C/C(=O)NN. The van der Waals surface area contributed by atoms with Gasteiger partial charge in [-0.05, 0) is 13.3 Å². The van der Waals surface area contributed by atoms with Crippen LogP contribution < -0.4 is 11.3 Å². The smallest absolute Gasteiger partial charge is 0.333 e. The normalized spacial score (nSPS) is 10.8. The molecule has 0 aromatic heterocycles. The van der Waals surface area contributed by atoms with Gasteiger partial charge in [0.2, 0.25) is 0 Å². The molecule has 0 aromatic rings. The number of carbonyl (C=O) groups excluding carboxylic acids is 2. The first-order valence-electron chi connectivity index (χ1n) is 3.97. The summed E-state index contributed by atoms with van der Waals surface area (Å²) in [5.41, 5.74) is 2.12. The molecular weight excluding hydrogens is 172 g/mol. The van der Waals surface area contributed by atoms with Gasteiger partial charge in [-0.3, -0.25) is 10.2 Å². The summed E-state index contributed by atoms with van der Waals surface area (Å²) in [7, 11) is 0. The molecule has 0 saturated heterocycles. The molecule has 0 rings (SSSR count). The summed E-state index contributed by atoms with van der Waals surface area (Å²) in [6, 6.07) is 0. The molecule has 5 heteroatoms. The van der Waals surface area contributed by atoms with E-state index in [4.69, 9.17) is 10.6 Å². The Balaban J connectivity index is 4.08. The van der Waals surface area contributed by atoms with Gasteiger partial charge >= 0.3 is 5.97 Å². The molecular formula is C8H14N2O3. The topological polar surface area (TPSA) is 81.4 Å². The molecule has 0 aliphatic heterocycles. The summed E-state index contributed by atoms with van der Waals surface area (Å²) in [6.45, 7) is 3.74. The van der Waals surface area contributed by atoms with Crippen LogP contribution in [0, 0.1) is 0 Å². The Morgan fingerprint density at radius 2 is 2.15 bits per heavy atom. The van der Waals surface area contributed by atoms with Gasteiger partial charge in [0.15, 0.2) is 0 Å². The van der Waals surface area contributed by atoms with Crippen molar-refractivity contribution in [2.75, 3.05) is 6.61 Å². The zero-order valence-electron chi connectivity index (χ0n) is 7.79. The lowest BCUT2D eigenvalue weighted by atomic mass is 10.3. The van der Waals surface area contributed by atoms with Crippen molar-refractivity contribution < 1.29 is 14.3 Å². The van der Waals surface area contributed by atoms with E-state index in [1.807, 2.05) is 12.3 Å². The van der Waals surface area contributed by atoms with Crippen molar-refractivity contribution in [1.29, 1.82) is 0 Å². The van der Waals surface area contributed by atoms with Gasteiger partial charge in [0.25, 0.3) is 5.91 Å². The van der Waals surface area contributed by atoms with E-state index in [1.165, 1.54) is 6.92 Å². The van der Waals surface area contributed by atoms with Crippen molar-refractivity contribution in [2.45, 2.75) is 20.3 Å². The van der Waals surface area contributed by atoms with Gasteiger partial charge in [-0.15, -0.1) is 0 Å². The van der Waals surface area contributed by atoms with Gasteiger partial charge in [-0.2, -0.15) is 0 Å². The molecule has 0 radical (unpaired) electrons. The van der Waals surface area contributed by atoms with Gasteiger partial charge < -0.3 is 4.74 Å². The number of amides is 1. The van der Waals surface area contributed by atoms with Gasteiger partial charge in [0, 0.05) is 11.6 Å². The zero-order valence-corrected chi connectivity index (χ0v) is 7.79. The van der Waals surface area contributed by atoms with Gasteiger partial charge in [-0.25, -0.2) is 10.6 Å². The second-order valence-corrected chi connectivity index (χ2v) is 2.47. The quantitative estimate of drug-likeness (QED) is 0.211. The maximum Gasteiger partial charge on any atom is 0.333 e. The number of nitrogens with one attached hydrogen (secondary N) is 1. The Kier molecular flexibility index (Phi) is 5.54. The summed E-state index contributed by atoms with van der Waals surface area (Å²) in [6.07, 6.45) is 1.85. The van der Waals surface area contributed by atoms with E-state index in [1.54, 1.807) is 0 Å². The maximum absolute atomic E-state index is 11.0. The fourth-order valence-corrected chi connectivity index (χ4v) is 0.606. The first-order valence-corrected chi connectivity index (χ1v) is 3.97. The predicted octanol–water partition coefficient (Wildman–Crippen LogP) is -0.124. The first kappa shape index (κ1) is 11.6. The van der Waals surface area contributed by atoms with Crippen LogP contribution >= 0.6 is 0 Å². The summed E-state index contributed by atoms with van der Waals surface area (Å²) >= 11 is 0. The molecule has 5 nitrogen and oxygen atoms in total. The Morgan fingerprint density at radius 3 is 2.62 bits per heavy atom. The second-order valence-electron chi connectivity index (χ2n) is 2.47. The van der Waals surface area contributed by atoms with Crippen LogP contribution in [0.25, 0.3) is 0 Å². The number of ether oxygens (including phenoxy) is 1. The molecule has 0 bridgehead atoms. The molecule has 0 aliphatic carbocycles. The third-order valence-corrected chi connectivity index (χ3v) is 1.25. The minimum atomic E-state index is -0.522. The molecule has 0 spiro atoms. The van der Waals surface area contributed by atoms with E-state index >= 15 is 0 Å². The van der Waals surface area contributed by atoms with Crippen LogP contribution in [0.1, 0.15) is 20.3 Å². The van der Waals surface area contributed by atoms with Crippen molar-refractivity contribution >= 4 is 11.9 Å². The minimum absolute atomic E-state index is 0.233. The fourth-order valence-electron chi connectivity index (χ4n) is 0.606. The lowest BCUT2D eigenvalue weighted by Crippen LogP contribution is -2.28. The van der Waals surface area contributed by atoms with E-state index in [0.717, 1.165) is 12.5 Å². The number of hydrogen-bond donors (Lipinski definition) is 2. The third kappa shape index (κ3) is 4.97. The summed E-state index contributed by atoms with van der Waals surface area (Å²) < 4.78 is 4.77. The number of rotatable bonds is 4. The van der Waals surface area contributed by atoms with Crippen LogP contribution in [-0.2, 0) is 14.3 Å². The Morgan fingerprint density at radius 1 is 1.54 bits per heavy atom. The Bertz CT molecular complexity index is 223. The molecule has 1 amide bonds. The third-order valence-electron chi connectivity index (χ3n) is 1.25. The lowest BCUT2D eigenvalue weighted by molar-refractivity contribution is -0.139. The zero-order chi connectivity index (χ0) is 10.3. The fraction of sp³-hybridized carbons (Fsp3) is 0.500. The molecule has 0 aliphatic rings. The molecule has 0 heterocycles. The van der Waals surface area contributed by atoms with Gasteiger partial charge in [-0.1, -0.05) is 6.92 Å². The number of hydrogen-bond acceptors (Lipinski definition) is 4. The number of esters is 1. The molecule has 0 atom stereocenters. The molecule has 0 saturated carbocycles. The van der Waals surface area contributed by atoms with Crippen LogP contribution in [-0.4, -0.2) is 18.5 Å². The Labute approximate surface area is 76.9 Å². The number of nitrogens with two attached hydrogens (primary N) is 1. The standard InChI is InChI=1S/C8H14N2O3/c1-3-4-13-8(12)6(2)5-7(11)10-9/h5H,3-4,9H2,1-2H3,(H,10,11)/b6-5+. The van der Waals surface area contributed by atoms with Crippen molar-refractivity contribution in [3.63, 3.8) is 0 Å². The highest BCUT2D eigenvalue weighted by atomic mass is 16.5. The van der Waals surface area contributed by atoms with Crippen LogP contribution in [0.3, 0.4) is 0 Å². The Hall–Kier alpha value is -1.36. The van der Waals surface area contributed by atoms with E-state index < -0.39 is 11.9 Å². The second kappa shape index (κ2) is 6.19. The van der Waals surface area contributed by atoms with Crippen LogP contribution in [0.5, 0.6) is 0 Å². The average molecular weight is 186 g/mol. The highest BCUT2D eigenvalue weighted by molar-refractivity contribution is 5.97. The highest BCUT2D eigenvalue weighted by Crippen LogP contribution is 1.96. The van der Waals surface area contributed by atoms with E-state index in [2.05, 4.69) is 0 Å². The van der Waals surface area contributed by atoms with Gasteiger partial charge in [0.05, 0.1) is 6.61 Å². The summed E-state index contributed by atoms with van der Waals surface area (Å²) in [5.74, 6) is 3.81. The van der Waals surface area contributed by atoms with Crippen molar-refractivity contribution in [3.05, 3.63) is 11.6 Å². The van der Waals surface area contributed by atoms with Crippen LogP contribution in [0.4, 0.5) is 0 Å². The molecule has 0 fully saturated rings.